The first kappa shape index (κ1) is 34.4. The number of rotatable bonds is 10. The smallest absolute Gasteiger partial charge is 0.298 e. The van der Waals surface area contributed by atoms with Crippen LogP contribution < -0.4 is 26.2 Å². The number of carbonyl (C=O) groups is 1. The Morgan fingerprint density at radius 1 is 1.08 bits per heavy atom. The van der Waals surface area contributed by atoms with E-state index in [1.807, 2.05) is 42.5 Å². The second kappa shape index (κ2) is 14.0. The molecule has 0 aliphatic carbocycles. The average molecular weight is 740 g/mol. The summed E-state index contributed by atoms with van der Waals surface area (Å²) < 4.78 is 37.4. The molecule has 8 rings (SSSR count). The Kier molecular flexibility index (Phi) is 9.10. The van der Waals surface area contributed by atoms with Gasteiger partial charge in [-0.25, -0.2) is 23.4 Å². The number of aromatic nitrogens is 5. The van der Waals surface area contributed by atoms with Crippen LogP contribution in [0.2, 0.25) is 0 Å². The second-order valence-electron chi connectivity index (χ2n) is 13.2. The number of hydrogen-bond donors (Lipinski definition) is 3. The molecule has 53 heavy (non-hydrogen) atoms. The van der Waals surface area contributed by atoms with Gasteiger partial charge in [-0.15, -0.1) is 11.3 Å². The van der Waals surface area contributed by atoms with Crippen LogP contribution in [0.15, 0.2) is 90.2 Å². The summed E-state index contributed by atoms with van der Waals surface area (Å²) in [6, 6.07) is 20.0. The highest BCUT2D eigenvalue weighted by Crippen LogP contribution is 2.39. The van der Waals surface area contributed by atoms with E-state index in [9.17, 15) is 23.5 Å². The number of halogens is 2. The number of para-hydroxylation sites is 1. The minimum atomic E-state index is -1.70. The average Bonchev–Trinajstić information content (AvgIpc) is 3.93. The van der Waals surface area contributed by atoms with Gasteiger partial charge in [-0.05, 0) is 55.3 Å². The maximum absolute atomic E-state index is 14.9. The zero-order valence-electron chi connectivity index (χ0n) is 28.4. The number of nitrogens with one attached hydrogen (secondary N) is 1. The molecule has 0 saturated carbocycles. The molecule has 2 aliphatic heterocycles. The molecule has 3 aromatic heterocycles. The number of carbonyl (C=O) groups excluding carboxylic acids is 1. The first-order valence-corrected chi connectivity index (χ1v) is 17.9. The fourth-order valence-corrected chi connectivity index (χ4v) is 8.01. The minimum Gasteiger partial charge on any atom is -0.490 e. The molecule has 2 aliphatic rings. The lowest BCUT2D eigenvalue weighted by molar-refractivity contribution is -0.00425. The third-order valence-electron chi connectivity index (χ3n) is 9.71. The van der Waals surface area contributed by atoms with Gasteiger partial charge in [0, 0.05) is 43.0 Å². The summed E-state index contributed by atoms with van der Waals surface area (Å²) >= 11 is 1.14. The van der Waals surface area contributed by atoms with Crippen molar-refractivity contribution < 1.29 is 23.4 Å². The molecular weight excluding hydrogens is 705 g/mol. The van der Waals surface area contributed by atoms with Crippen LogP contribution in [0.5, 0.6) is 5.75 Å². The van der Waals surface area contributed by atoms with Crippen molar-refractivity contribution in [3.05, 3.63) is 118 Å². The largest absolute Gasteiger partial charge is 0.490 e. The summed E-state index contributed by atoms with van der Waals surface area (Å²) in [6.45, 7) is 2.55. The number of nitrogens with two attached hydrogens (primary N) is 1. The molecule has 6 aromatic rings. The number of fused-ring (bicyclic) bond motifs is 2. The molecule has 0 bridgehead atoms. The van der Waals surface area contributed by atoms with Crippen LogP contribution in [0.1, 0.15) is 28.1 Å². The van der Waals surface area contributed by atoms with Crippen LogP contribution in [-0.4, -0.2) is 79.1 Å². The summed E-state index contributed by atoms with van der Waals surface area (Å²) in [4.78, 5) is 40.4. The molecule has 0 spiro atoms. The van der Waals surface area contributed by atoms with Crippen molar-refractivity contribution >= 4 is 44.8 Å². The van der Waals surface area contributed by atoms with E-state index >= 15 is 0 Å². The van der Waals surface area contributed by atoms with E-state index in [1.165, 1.54) is 28.0 Å². The molecule has 0 radical (unpaired) electrons. The van der Waals surface area contributed by atoms with Crippen molar-refractivity contribution in [1.29, 1.82) is 0 Å². The van der Waals surface area contributed by atoms with Gasteiger partial charge < -0.3 is 30.7 Å². The number of ether oxygens (including phenoxy) is 1. The lowest BCUT2D eigenvalue weighted by Gasteiger charge is -2.31. The van der Waals surface area contributed by atoms with Crippen molar-refractivity contribution in [2.45, 2.75) is 31.0 Å². The van der Waals surface area contributed by atoms with Gasteiger partial charge in [0.25, 0.3) is 11.5 Å². The summed E-state index contributed by atoms with van der Waals surface area (Å²) in [6.07, 6.45) is 3.51. The summed E-state index contributed by atoms with van der Waals surface area (Å²) in [7, 11) is 0. The van der Waals surface area contributed by atoms with Crippen LogP contribution in [0, 0.1) is 11.6 Å². The zero-order chi connectivity index (χ0) is 36.7. The minimum absolute atomic E-state index is 0.0341. The third kappa shape index (κ3) is 6.83. The monoisotopic (exact) mass is 739 g/mol. The molecule has 13 nitrogen and oxygen atoms in total. The second-order valence-corrected chi connectivity index (χ2v) is 14.2. The van der Waals surface area contributed by atoms with Gasteiger partial charge in [0.2, 0.25) is 0 Å². The van der Waals surface area contributed by atoms with E-state index in [4.69, 9.17) is 10.5 Å². The number of nitrogens with zero attached hydrogens (tertiary/aromatic N) is 7. The number of hydrogen-bond acceptors (Lipinski definition) is 11. The van der Waals surface area contributed by atoms with Crippen LogP contribution in [-0.2, 0) is 12.1 Å². The van der Waals surface area contributed by atoms with E-state index in [1.54, 1.807) is 12.1 Å². The van der Waals surface area contributed by atoms with Gasteiger partial charge in [0.1, 0.15) is 47.1 Å². The van der Waals surface area contributed by atoms with Gasteiger partial charge in [-0.3, -0.25) is 14.2 Å². The Bertz CT molecular complexity index is 2350. The molecule has 1 amide bonds. The van der Waals surface area contributed by atoms with E-state index in [2.05, 4.69) is 30.2 Å². The predicted molar refractivity (Wildman–Crippen MR) is 196 cm³/mol. The Balaban J connectivity index is 0.990. The molecule has 3 aromatic carbocycles. The maximum Gasteiger partial charge on any atom is 0.298 e. The SMILES string of the molecule is Nc1nc2sc(C(=O)N[C@@H]3CCN(CCC(O)(Cn4cncn4)c4ccc(F)cc4F)C3)cc2n(-c2ccc3c(c2)N(c2ccccc2)CCO3)c1=O. The molecule has 16 heteroatoms. The van der Waals surface area contributed by atoms with Crippen LogP contribution >= 0.6 is 11.3 Å². The van der Waals surface area contributed by atoms with Gasteiger partial charge in [0.15, 0.2) is 5.82 Å². The number of likely N-dealkylation sites (tertiary alicyclic amines) is 1. The lowest BCUT2D eigenvalue weighted by Crippen LogP contribution is -2.39. The predicted octanol–water partition coefficient (Wildman–Crippen LogP) is 4.21. The zero-order valence-corrected chi connectivity index (χ0v) is 29.2. The van der Waals surface area contributed by atoms with E-state index < -0.39 is 22.8 Å². The summed E-state index contributed by atoms with van der Waals surface area (Å²) in [5.41, 5.74) is 6.69. The fourth-order valence-electron chi connectivity index (χ4n) is 7.08. The van der Waals surface area contributed by atoms with Crippen molar-refractivity contribution in [3.8, 4) is 11.4 Å². The molecule has 5 heterocycles. The Hall–Kier alpha value is -5.71. The number of aliphatic hydroxyl groups is 1. The van der Waals surface area contributed by atoms with E-state index in [0.29, 0.717) is 65.9 Å². The Labute approximate surface area is 305 Å². The number of amides is 1. The van der Waals surface area contributed by atoms with Gasteiger partial charge in [-0.1, -0.05) is 24.3 Å². The Morgan fingerprint density at radius 2 is 1.92 bits per heavy atom. The number of anilines is 3. The van der Waals surface area contributed by atoms with Gasteiger partial charge in [0.05, 0.1) is 34.9 Å². The summed E-state index contributed by atoms with van der Waals surface area (Å²) in [5, 5.41) is 18.8. The highest BCUT2D eigenvalue weighted by molar-refractivity contribution is 7.20. The first-order chi connectivity index (χ1) is 25.6. The quantitative estimate of drug-likeness (QED) is 0.186. The fraction of sp³-hybridized carbons (Fsp3) is 0.270. The van der Waals surface area contributed by atoms with E-state index in [0.717, 1.165) is 34.8 Å². The highest BCUT2D eigenvalue weighted by Gasteiger charge is 2.35. The van der Waals surface area contributed by atoms with Crippen LogP contribution in [0.4, 0.5) is 26.0 Å². The van der Waals surface area contributed by atoms with E-state index in [-0.39, 0.29) is 36.3 Å². The van der Waals surface area contributed by atoms with Crippen molar-refractivity contribution in [1.82, 2.24) is 34.5 Å². The number of thiophene rings is 1. The van der Waals surface area contributed by atoms with Crippen LogP contribution in [0.3, 0.4) is 0 Å². The van der Waals surface area contributed by atoms with Crippen molar-refractivity contribution in [2.75, 3.05) is 43.4 Å². The standard InChI is InChI=1S/C37H35F2N9O4S/c38-23-6-8-27(28(39)16-23)37(51,20-46-22-41-21-42-46)11-13-45-12-10-24(19-45)43-34(49)32-18-30-35(53-32)44-33(40)36(50)48(30)26-7-9-31-29(17-26)47(14-15-52-31)25-4-2-1-3-5-25/h1-9,16-18,21-22,24,51H,10-15,19-20H2,(H2,40,44)(H,43,49)/t24-,37?/m1/s1. The van der Waals surface area contributed by atoms with Crippen molar-refractivity contribution in [2.24, 2.45) is 0 Å². The molecule has 272 valence electrons. The maximum atomic E-state index is 14.9. The lowest BCUT2D eigenvalue weighted by atomic mass is 9.89. The molecule has 2 atom stereocenters. The number of nitrogen functional groups attached to an aromatic ring is 1. The molecule has 4 N–H and O–H groups in total. The van der Waals surface area contributed by atoms with Crippen molar-refractivity contribution in [3.63, 3.8) is 0 Å². The van der Waals surface area contributed by atoms with Crippen LogP contribution in [0.25, 0.3) is 16.0 Å². The highest BCUT2D eigenvalue weighted by atomic mass is 32.1. The topological polar surface area (TPSA) is 157 Å². The van der Waals surface area contributed by atoms with Gasteiger partial charge >= 0.3 is 0 Å². The number of benzene rings is 3. The Morgan fingerprint density at radius 3 is 2.72 bits per heavy atom. The normalized spacial score (nSPS) is 17.0. The molecule has 1 unspecified atom stereocenters. The molecule has 1 saturated heterocycles. The molecule has 1 fully saturated rings. The first-order valence-electron chi connectivity index (χ1n) is 17.1. The van der Waals surface area contributed by atoms with Gasteiger partial charge in [-0.2, -0.15) is 5.10 Å². The molecular formula is C37H35F2N9O4S. The summed E-state index contributed by atoms with van der Waals surface area (Å²) in [5.74, 6) is -1.40. The third-order valence-corrected chi connectivity index (χ3v) is 10.7.